The van der Waals surface area contributed by atoms with Crippen LogP contribution in [0, 0.1) is 5.92 Å². The molecule has 2 aromatic rings. The number of fused-ring (bicyclic) bond motifs is 1. The number of amides is 2. The smallest absolute Gasteiger partial charge is 0.331 e. The highest BCUT2D eigenvalue weighted by atomic mass is 32.2. The van der Waals surface area contributed by atoms with Gasteiger partial charge in [0.05, 0.1) is 5.60 Å². The maximum atomic E-state index is 14.6. The van der Waals surface area contributed by atoms with Crippen LogP contribution in [0.5, 0.6) is 0 Å². The van der Waals surface area contributed by atoms with Crippen molar-refractivity contribution in [2.24, 2.45) is 9.95 Å². The van der Waals surface area contributed by atoms with Crippen molar-refractivity contribution in [3.63, 3.8) is 0 Å². The van der Waals surface area contributed by atoms with Crippen molar-refractivity contribution >= 4 is 41.2 Å². The number of hydrogen-bond donors (Lipinski definition) is 3. The fourth-order valence-electron chi connectivity index (χ4n) is 4.70. The van der Waals surface area contributed by atoms with Crippen LogP contribution in [0.3, 0.4) is 0 Å². The molecule has 2 amide bonds. The Hall–Kier alpha value is -1.68. The third-order valence-electron chi connectivity index (χ3n) is 8.25. The molecule has 3 N–H and O–H groups in total. The zero-order valence-electron chi connectivity index (χ0n) is 23.5. The van der Waals surface area contributed by atoms with Crippen LogP contribution in [0.4, 0.5) is 10.5 Å². The number of benzene rings is 1. The lowest BCUT2D eigenvalue weighted by Gasteiger charge is -2.33. The standard InChI is InChI=1S/C28H43N3O3S2Si/c1-18(19-12-13-19)21-15-14-20-10-9-11-22(20)25(21)29-26(32)30-36(34,31-37(7,8)27(2,3)4)24-17-16-23(35-24)28(5,6)33/h14-19,33H,9-13H2,1-8H3,(H2,29,30,31,32,34)/t18-,36?/m1/s1. The van der Waals surface area contributed by atoms with Gasteiger partial charge in [0.25, 0.3) is 0 Å². The molecule has 1 fully saturated rings. The van der Waals surface area contributed by atoms with Crippen LogP contribution >= 0.6 is 11.3 Å². The average Bonchev–Trinajstić information content (AvgIpc) is 3.27. The first-order valence-corrected chi connectivity index (χ1v) is 18.6. The highest BCUT2D eigenvalue weighted by Crippen LogP contribution is 2.46. The van der Waals surface area contributed by atoms with E-state index in [1.165, 1.54) is 40.9 Å². The second-order valence-corrected chi connectivity index (χ2v) is 21.2. The van der Waals surface area contributed by atoms with E-state index in [0.29, 0.717) is 20.9 Å². The van der Waals surface area contributed by atoms with Crippen LogP contribution in [-0.4, -0.2) is 23.6 Å². The summed E-state index contributed by atoms with van der Waals surface area (Å²) in [4.78, 5) is 14.3. The normalized spacial score (nSPS) is 18.6. The van der Waals surface area contributed by atoms with E-state index in [2.05, 4.69) is 63.0 Å². The molecule has 1 aromatic heterocycles. The Labute approximate surface area is 228 Å². The van der Waals surface area contributed by atoms with Crippen LogP contribution in [0.15, 0.2) is 32.5 Å². The second-order valence-electron chi connectivity index (χ2n) is 12.8. The van der Waals surface area contributed by atoms with Gasteiger partial charge < -0.3 is 10.4 Å². The van der Waals surface area contributed by atoms with E-state index in [9.17, 15) is 14.1 Å². The summed E-state index contributed by atoms with van der Waals surface area (Å²) in [5.74, 6) is 1.03. The molecular formula is C28H43N3O3S2Si. The number of aryl methyl sites for hydroxylation is 1. The Balaban J connectivity index is 1.73. The minimum Gasteiger partial charge on any atom is -0.385 e. The van der Waals surface area contributed by atoms with Gasteiger partial charge in [-0.2, -0.15) is 0 Å². The number of hydrogen-bond acceptors (Lipinski definition) is 5. The molecule has 1 heterocycles. The van der Waals surface area contributed by atoms with Crippen LogP contribution in [0.1, 0.15) is 88.3 Å². The molecule has 9 heteroatoms. The summed E-state index contributed by atoms with van der Waals surface area (Å²) in [6.07, 6.45) is 5.51. The molecule has 0 bridgehead atoms. The average molecular weight is 562 g/mol. The van der Waals surface area contributed by atoms with E-state index in [4.69, 9.17) is 4.03 Å². The summed E-state index contributed by atoms with van der Waals surface area (Å²) in [5.41, 5.74) is 3.51. The van der Waals surface area contributed by atoms with Crippen LogP contribution in [0.2, 0.25) is 18.1 Å². The van der Waals surface area contributed by atoms with Crippen LogP contribution in [-0.2, 0) is 28.4 Å². The lowest BCUT2D eigenvalue weighted by Crippen LogP contribution is -2.41. The van der Waals surface area contributed by atoms with Crippen molar-refractivity contribution in [3.05, 3.63) is 45.8 Å². The minimum absolute atomic E-state index is 0.155. The maximum absolute atomic E-state index is 14.6. The Morgan fingerprint density at radius 2 is 1.81 bits per heavy atom. The predicted molar refractivity (Wildman–Crippen MR) is 157 cm³/mol. The lowest BCUT2D eigenvalue weighted by atomic mass is 9.91. The van der Waals surface area contributed by atoms with Crippen LogP contribution < -0.4 is 10.0 Å². The molecular weight excluding hydrogens is 519 g/mol. The number of carbonyl (C=O) groups excluding carboxylic acids is 1. The molecule has 2 aliphatic carbocycles. The zero-order valence-corrected chi connectivity index (χ0v) is 26.2. The largest absolute Gasteiger partial charge is 0.385 e. The number of thiophene rings is 1. The van der Waals surface area contributed by atoms with Gasteiger partial charge in [0.15, 0.2) is 18.2 Å². The summed E-state index contributed by atoms with van der Waals surface area (Å²) in [5, 5.41) is 13.5. The SMILES string of the molecule is C[C@@H](c1ccc2c(c1NC(=O)NS(=O)(=N[Si](C)(C)C(C)(C)C)c1ccc(C(C)(C)O)s1)CCC2)C1CC1. The van der Waals surface area contributed by atoms with Gasteiger partial charge in [0.2, 0.25) is 0 Å². The Bertz CT molecular complexity index is 1310. The fourth-order valence-corrected chi connectivity index (χ4v) is 11.5. The molecule has 204 valence electrons. The van der Waals surface area contributed by atoms with E-state index in [-0.39, 0.29) is 5.04 Å². The molecule has 4 rings (SSSR count). The van der Waals surface area contributed by atoms with Crippen molar-refractivity contribution in [3.8, 4) is 0 Å². The molecule has 1 aromatic carbocycles. The first-order valence-electron chi connectivity index (χ1n) is 13.4. The topological polar surface area (TPSA) is 90.8 Å². The van der Waals surface area contributed by atoms with Gasteiger partial charge in [-0.1, -0.05) is 39.8 Å². The van der Waals surface area contributed by atoms with E-state index < -0.39 is 29.8 Å². The molecule has 2 aliphatic rings. The summed E-state index contributed by atoms with van der Waals surface area (Å²) in [6, 6.07) is 7.42. The number of nitrogens with one attached hydrogen (secondary N) is 2. The second kappa shape index (κ2) is 9.81. The Morgan fingerprint density at radius 1 is 1.14 bits per heavy atom. The number of rotatable bonds is 7. The van der Waals surface area contributed by atoms with Crippen molar-refractivity contribution < 1.29 is 14.1 Å². The highest BCUT2D eigenvalue weighted by Gasteiger charge is 2.39. The van der Waals surface area contributed by atoms with Gasteiger partial charge in [-0.15, -0.1) is 11.3 Å². The van der Waals surface area contributed by atoms with Gasteiger partial charge in [0.1, 0.15) is 4.21 Å². The third-order valence-corrected chi connectivity index (χ3v) is 18.0. The quantitative estimate of drug-likeness (QED) is 0.305. The zero-order chi connectivity index (χ0) is 27.4. The summed E-state index contributed by atoms with van der Waals surface area (Å²) in [7, 11) is -5.71. The molecule has 0 saturated heterocycles. The number of anilines is 1. The van der Waals surface area contributed by atoms with Gasteiger partial charge in [-0.3, -0.25) is 4.03 Å². The molecule has 6 nitrogen and oxygen atoms in total. The van der Waals surface area contributed by atoms with E-state index in [1.54, 1.807) is 26.0 Å². The van der Waals surface area contributed by atoms with Gasteiger partial charge >= 0.3 is 6.03 Å². The molecule has 0 aliphatic heterocycles. The summed E-state index contributed by atoms with van der Waals surface area (Å²) < 4.78 is 22.8. The predicted octanol–water partition coefficient (Wildman–Crippen LogP) is 7.55. The van der Waals surface area contributed by atoms with Gasteiger partial charge in [-0.05, 0) is 105 Å². The molecule has 37 heavy (non-hydrogen) atoms. The van der Waals surface area contributed by atoms with Crippen molar-refractivity contribution in [1.29, 1.82) is 0 Å². The number of carbonyl (C=O) groups is 1. The molecule has 0 spiro atoms. The highest BCUT2D eigenvalue weighted by molar-refractivity contribution is 7.95. The fraction of sp³-hybridized carbons (Fsp3) is 0.607. The first-order chi connectivity index (χ1) is 17.0. The van der Waals surface area contributed by atoms with E-state index in [0.717, 1.165) is 24.9 Å². The third kappa shape index (κ3) is 6.00. The Kier molecular flexibility index (Phi) is 7.51. The van der Waals surface area contributed by atoms with Gasteiger partial charge in [-0.25, -0.2) is 13.7 Å². The van der Waals surface area contributed by atoms with E-state index >= 15 is 0 Å². The molecule has 0 radical (unpaired) electrons. The monoisotopic (exact) mass is 561 g/mol. The molecule has 2 atom stereocenters. The van der Waals surface area contributed by atoms with Crippen molar-refractivity contribution in [2.75, 3.05) is 5.32 Å². The van der Waals surface area contributed by atoms with Crippen molar-refractivity contribution in [1.82, 2.24) is 4.72 Å². The summed E-state index contributed by atoms with van der Waals surface area (Å²) in [6.45, 7) is 16.1. The lowest BCUT2D eigenvalue weighted by molar-refractivity contribution is 0.0825. The minimum atomic E-state index is -3.29. The summed E-state index contributed by atoms with van der Waals surface area (Å²) >= 11 is 1.25. The Morgan fingerprint density at radius 3 is 2.38 bits per heavy atom. The molecule has 1 unspecified atom stereocenters. The van der Waals surface area contributed by atoms with Crippen LogP contribution in [0.25, 0.3) is 0 Å². The van der Waals surface area contributed by atoms with Crippen molar-refractivity contribution in [2.45, 2.75) is 108 Å². The number of aliphatic hydroxyl groups is 1. The first kappa shape index (κ1) is 28.3. The maximum Gasteiger partial charge on any atom is 0.331 e. The van der Waals surface area contributed by atoms with E-state index in [1.807, 2.05) is 0 Å². The number of urea groups is 1. The number of nitrogens with zero attached hydrogens (tertiary/aromatic N) is 1. The van der Waals surface area contributed by atoms with Gasteiger partial charge in [0, 0.05) is 10.6 Å². The molecule has 1 saturated carbocycles.